The molecule has 9 heteroatoms. The number of hydrogen-bond acceptors (Lipinski definition) is 5. The average Bonchev–Trinajstić information content (AvgIpc) is 2.83. The molecule has 1 heterocycles. The van der Waals surface area contributed by atoms with Crippen molar-refractivity contribution in [1.82, 2.24) is 5.16 Å². The van der Waals surface area contributed by atoms with Crippen molar-refractivity contribution in [3.05, 3.63) is 46.6 Å². The van der Waals surface area contributed by atoms with Gasteiger partial charge in [-0.05, 0) is 12.1 Å². The van der Waals surface area contributed by atoms with Crippen LogP contribution in [0.3, 0.4) is 0 Å². The molecule has 20 heavy (non-hydrogen) atoms. The number of carboxylic acid groups (broad SMARTS) is 1. The Labute approximate surface area is 117 Å². The van der Waals surface area contributed by atoms with E-state index in [0.29, 0.717) is 0 Å². The lowest BCUT2D eigenvalue weighted by Gasteiger charge is -2.07. The van der Waals surface area contributed by atoms with Crippen molar-refractivity contribution < 1.29 is 27.2 Å². The molecule has 1 aromatic heterocycles. The van der Waals surface area contributed by atoms with Crippen molar-refractivity contribution in [2.75, 3.05) is 0 Å². The number of halogens is 2. The molecule has 0 bridgehead atoms. The summed E-state index contributed by atoms with van der Waals surface area (Å²) in [6, 6.07) is 3.00. The SMILES string of the molecule is O=C(O)c1cc(Cl)cc(S(=O)(=O)Cc2ccno2)c1F. The van der Waals surface area contributed by atoms with Crippen molar-refractivity contribution in [3.63, 3.8) is 0 Å². The van der Waals surface area contributed by atoms with Crippen LogP contribution in [0.25, 0.3) is 0 Å². The number of benzene rings is 1. The summed E-state index contributed by atoms with van der Waals surface area (Å²) in [7, 11) is -4.15. The zero-order chi connectivity index (χ0) is 14.9. The van der Waals surface area contributed by atoms with Crippen LogP contribution in [0.1, 0.15) is 16.1 Å². The van der Waals surface area contributed by atoms with Gasteiger partial charge in [0.05, 0.1) is 11.8 Å². The van der Waals surface area contributed by atoms with Gasteiger partial charge in [-0.25, -0.2) is 17.6 Å². The van der Waals surface area contributed by atoms with E-state index in [-0.39, 0.29) is 10.8 Å². The topological polar surface area (TPSA) is 97.5 Å². The molecule has 106 valence electrons. The number of sulfone groups is 1. The maximum atomic E-state index is 14.0. The molecular formula is C11H7ClFNO5S. The smallest absolute Gasteiger partial charge is 0.338 e. The van der Waals surface area contributed by atoms with Crippen molar-refractivity contribution in [1.29, 1.82) is 0 Å². The van der Waals surface area contributed by atoms with Crippen LogP contribution in [0.2, 0.25) is 5.02 Å². The Morgan fingerprint density at radius 1 is 1.45 bits per heavy atom. The van der Waals surface area contributed by atoms with E-state index in [4.69, 9.17) is 16.7 Å². The molecule has 2 rings (SSSR count). The third-order valence-electron chi connectivity index (χ3n) is 2.39. The van der Waals surface area contributed by atoms with E-state index in [1.807, 2.05) is 0 Å². The minimum absolute atomic E-state index is 0.00116. The van der Waals surface area contributed by atoms with Crippen LogP contribution in [0.15, 0.2) is 33.8 Å². The summed E-state index contributed by atoms with van der Waals surface area (Å²) in [4.78, 5) is 10.1. The zero-order valence-corrected chi connectivity index (χ0v) is 11.3. The molecule has 0 amide bonds. The highest BCUT2D eigenvalue weighted by atomic mass is 35.5. The van der Waals surface area contributed by atoms with Gasteiger partial charge in [-0.3, -0.25) is 0 Å². The molecule has 0 aliphatic carbocycles. The quantitative estimate of drug-likeness (QED) is 0.927. The summed E-state index contributed by atoms with van der Waals surface area (Å²) in [6.07, 6.45) is 1.24. The fourth-order valence-corrected chi connectivity index (χ4v) is 3.18. The van der Waals surface area contributed by atoms with Gasteiger partial charge >= 0.3 is 5.97 Å². The zero-order valence-electron chi connectivity index (χ0n) is 9.71. The maximum Gasteiger partial charge on any atom is 0.338 e. The van der Waals surface area contributed by atoms with Gasteiger partial charge in [-0.1, -0.05) is 16.8 Å². The third-order valence-corrected chi connectivity index (χ3v) is 4.24. The molecule has 1 aromatic carbocycles. The third kappa shape index (κ3) is 2.81. The lowest BCUT2D eigenvalue weighted by molar-refractivity contribution is 0.0691. The van der Waals surface area contributed by atoms with Crippen molar-refractivity contribution >= 4 is 27.4 Å². The van der Waals surface area contributed by atoms with Gasteiger partial charge in [0.15, 0.2) is 21.4 Å². The molecule has 0 saturated carbocycles. The maximum absolute atomic E-state index is 14.0. The lowest BCUT2D eigenvalue weighted by Crippen LogP contribution is -2.11. The highest BCUT2D eigenvalue weighted by Gasteiger charge is 2.26. The molecule has 0 radical (unpaired) electrons. The standard InChI is InChI=1S/C11H7ClFNO5S/c12-6-3-8(11(15)16)10(13)9(4-6)20(17,18)5-7-1-2-14-19-7/h1-4H,5H2,(H,15,16). The summed E-state index contributed by atoms with van der Waals surface area (Å²) in [5.41, 5.74) is -0.811. The number of carbonyl (C=O) groups is 1. The highest BCUT2D eigenvalue weighted by molar-refractivity contribution is 7.90. The van der Waals surface area contributed by atoms with E-state index in [0.717, 1.165) is 12.1 Å². The Morgan fingerprint density at radius 3 is 2.70 bits per heavy atom. The Balaban J connectivity index is 2.54. The molecule has 0 atom stereocenters. The molecule has 2 aromatic rings. The molecule has 0 unspecified atom stereocenters. The molecular weight excluding hydrogens is 313 g/mol. The lowest BCUT2D eigenvalue weighted by atomic mass is 10.2. The number of hydrogen-bond donors (Lipinski definition) is 1. The van der Waals surface area contributed by atoms with E-state index >= 15 is 0 Å². The van der Waals surface area contributed by atoms with E-state index in [1.165, 1.54) is 12.3 Å². The van der Waals surface area contributed by atoms with Gasteiger partial charge in [0.2, 0.25) is 0 Å². The van der Waals surface area contributed by atoms with Gasteiger partial charge in [0.1, 0.15) is 10.6 Å². The Morgan fingerprint density at radius 2 is 2.15 bits per heavy atom. The van der Waals surface area contributed by atoms with Crippen LogP contribution >= 0.6 is 11.6 Å². The minimum Gasteiger partial charge on any atom is -0.478 e. The second-order valence-electron chi connectivity index (χ2n) is 3.81. The number of rotatable bonds is 4. The molecule has 0 spiro atoms. The van der Waals surface area contributed by atoms with Crippen LogP contribution in [-0.2, 0) is 15.6 Å². The first-order valence-corrected chi connectivity index (χ1v) is 7.19. The number of aromatic carboxylic acids is 1. The summed E-state index contributed by atoms with van der Waals surface area (Å²) in [5.74, 6) is -3.62. The Bertz CT molecular complexity index is 757. The van der Waals surface area contributed by atoms with Crippen LogP contribution in [-0.4, -0.2) is 24.7 Å². The molecule has 1 N–H and O–H groups in total. The fraction of sp³-hybridized carbons (Fsp3) is 0.0909. The van der Waals surface area contributed by atoms with E-state index in [1.54, 1.807) is 0 Å². The summed E-state index contributed by atoms with van der Waals surface area (Å²) < 4.78 is 42.7. The number of nitrogens with zero attached hydrogens (tertiary/aromatic N) is 1. The van der Waals surface area contributed by atoms with Crippen LogP contribution in [0, 0.1) is 5.82 Å². The van der Waals surface area contributed by atoms with Crippen molar-refractivity contribution in [3.8, 4) is 0 Å². The van der Waals surface area contributed by atoms with Gasteiger partial charge < -0.3 is 9.63 Å². The summed E-state index contributed by atoms with van der Waals surface area (Å²) in [6.45, 7) is 0. The first kappa shape index (κ1) is 14.5. The van der Waals surface area contributed by atoms with Crippen LogP contribution in [0.5, 0.6) is 0 Å². The molecule has 0 aliphatic heterocycles. The number of aromatic nitrogens is 1. The Kier molecular flexibility index (Phi) is 3.78. The second kappa shape index (κ2) is 5.22. The predicted molar refractivity (Wildman–Crippen MR) is 65.8 cm³/mol. The van der Waals surface area contributed by atoms with Crippen molar-refractivity contribution in [2.24, 2.45) is 0 Å². The highest BCUT2D eigenvalue weighted by Crippen LogP contribution is 2.26. The monoisotopic (exact) mass is 319 g/mol. The fourth-order valence-electron chi connectivity index (χ4n) is 1.53. The average molecular weight is 320 g/mol. The molecule has 0 fully saturated rings. The van der Waals surface area contributed by atoms with E-state index in [9.17, 15) is 17.6 Å². The first-order valence-electron chi connectivity index (χ1n) is 5.16. The summed E-state index contributed by atoms with van der Waals surface area (Å²) >= 11 is 5.62. The van der Waals surface area contributed by atoms with Gasteiger partial charge in [0.25, 0.3) is 0 Å². The molecule has 6 nitrogen and oxygen atoms in total. The van der Waals surface area contributed by atoms with Crippen LogP contribution in [0.4, 0.5) is 4.39 Å². The largest absolute Gasteiger partial charge is 0.478 e. The number of carboxylic acids is 1. The second-order valence-corrected chi connectivity index (χ2v) is 6.20. The molecule has 0 aliphatic rings. The normalized spacial score (nSPS) is 11.5. The van der Waals surface area contributed by atoms with Gasteiger partial charge in [-0.15, -0.1) is 0 Å². The predicted octanol–water partition coefficient (Wildman–Crippen LogP) is 2.14. The Hall–Kier alpha value is -1.93. The van der Waals surface area contributed by atoms with Crippen molar-refractivity contribution in [2.45, 2.75) is 10.6 Å². The summed E-state index contributed by atoms with van der Waals surface area (Å²) in [5, 5.41) is 12.0. The van der Waals surface area contributed by atoms with Gasteiger partial charge in [-0.2, -0.15) is 0 Å². The van der Waals surface area contributed by atoms with E-state index in [2.05, 4.69) is 9.68 Å². The first-order chi connectivity index (χ1) is 9.31. The van der Waals surface area contributed by atoms with E-state index < -0.39 is 37.8 Å². The molecule has 0 saturated heterocycles. The minimum atomic E-state index is -4.15. The van der Waals surface area contributed by atoms with Crippen LogP contribution < -0.4 is 0 Å². The van der Waals surface area contributed by atoms with Gasteiger partial charge in [0, 0.05) is 11.1 Å².